The summed E-state index contributed by atoms with van der Waals surface area (Å²) in [5, 5.41) is 1.04. The van der Waals surface area contributed by atoms with Crippen LogP contribution in [0.5, 0.6) is 0 Å². The zero-order valence-electron chi connectivity index (χ0n) is 12.8. The van der Waals surface area contributed by atoms with Crippen molar-refractivity contribution in [3.8, 4) is 0 Å². The SMILES string of the molecule is C=CC(=O)OCc1ccccc1[SiH](OCCC)OCCC. The molecule has 116 valence electrons. The molecular weight excluding hydrogens is 284 g/mol. The van der Waals surface area contributed by atoms with Gasteiger partial charge in [0.25, 0.3) is 0 Å². The van der Waals surface area contributed by atoms with Crippen molar-refractivity contribution in [3.63, 3.8) is 0 Å². The molecule has 1 aromatic carbocycles. The number of benzene rings is 1. The van der Waals surface area contributed by atoms with Crippen molar-refractivity contribution in [2.45, 2.75) is 33.3 Å². The third kappa shape index (κ3) is 6.24. The summed E-state index contributed by atoms with van der Waals surface area (Å²) in [6.07, 6.45) is 3.07. The smallest absolute Gasteiger partial charge is 0.356 e. The Labute approximate surface area is 128 Å². The first-order chi connectivity index (χ1) is 10.2. The molecule has 0 aliphatic heterocycles. The molecule has 0 aromatic heterocycles. The van der Waals surface area contributed by atoms with Crippen molar-refractivity contribution >= 4 is 20.4 Å². The van der Waals surface area contributed by atoms with Gasteiger partial charge in [-0.1, -0.05) is 44.7 Å². The number of rotatable bonds is 10. The molecule has 0 aliphatic carbocycles. The van der Waals surface area contributed by atoms with Crippen LogP contribution >= 0.6 is 0 Å². The van der Waals surface area contributed by atoms with Crippen molar-refractivity contribution in [1.29, 1.82) is 0 Å². The lowest BCUT2D eigenvalue weighted by atomic mass is 10.2. The van der Waals surface area contributed by atoms with E-state index in [9.17, 15) is 4.79 Å². The van der Waals surface area contributed by atoms with Crippen molar-refractivity contribution < 1.29 is 18.4 Å². The highest BCUT2D eigenvalue weighted by Crippen LogP contribution is 2.04. The fourth-order valence-electron chi connectivity index (χ4n) is 1.78. The summed E-state index contributed by atoms with van der Waals surface area (Å²) < 4.78 is 16.9. The zero-order valence-corrected chi connectivity index (χ0v) is 14.0. The Balaban J connectivity index is 2.84. The van der Waals surface area contributed by atoms with E-state index >= 15 is 0 Å². The molecule has 1 aromatic rings. The Bertz CT molecular complexity index is 440. The molecule has 0 unspecified atom stereocenters. The second-order valence-corrected chi connectivity index (χ2v) is 6.54. The second kappa shape index (κ2) is 10.3. The Morgan fingerprint density at radius 3 is 2.38 bits per heavy atom. The highest BCUT2D eigenvalue weighted by molar-refractivity contribution is 6.61. The van der Waals surface area contributed by atoms with Crippen LogP contribution in [0.4, 0.5) is 0 Å². The largest absolute Gasteiger partial charge is 0.458 e. The maximum Gasteiger partial charge on any atom is 0.356 e. The van der Waals surface area contributed by atoms with Crippen molar-refractivity contribution in [1.82, 2.24) is 0 Å². The summed E-state index contributed by atoms with van der Waals surface area (Å²) in [7, 11) is -1.96. The standard InChI is InChI=1S/C16H24O4Si/c1-4-11-19-21(20-12-5-2)15-10-8-7-9-14(15)13-18-16(17)6-3/h6-10,21H,3-5,11-13H2,1-2H3. The van der Waals surface area contributed by atoms with Crippen LogP contribution in [0.2, 0.25) is 0 Å². The van der Waals surface area contributed by atoms with Crippen molar-refractivity contribution in [2.24, 2.45) is 0 Å². The number of carbonyl (C=O) groups is 1. The lowest BCUT2D eigenvalue weighted by Gasteiger charge is -2.19. The second-order valence-electron chi connectivity index (χ2n) is 4.58. The zero-order chi connectivity index (χ0) is 15.5. The number of hydrogen-bond donors (Lipinski definition) is 0. The van der Waals surface area contributed by atoms with Crippen LogP contribution in [0.1, 0.15) is 32.3 Å². The first-order valence-electron chi connectivity index (χ1n) is 7.33. The molecular formula is C16H24O4Si. The van der Waals surface area contributed by atoms with E-state index < -0.39 is 15.3 Å². The highest BCUT2D eigenvalue weighted by Gasteiger charge is 2.20. The number of carbonyl (C=O) groups excluding carboxylic acids is 1. The number of esters is 1. The number of ether oxygens (including phenoxy) is 1. The van der Waals surface area contributed by atoms with Crippen molar-refractivity contribution in [2.75, 3.05) is 13.2 Å². The average molecular weight is 308 g/mol. The van der Waals surface area contributed by atoms with E-state index in [1.807, 2.05) is 24.3 Å². The van der Waals surface area contributed by atoms with Crippen molar-refractivity contribution in [3.05, 3.63) is 42.5 Å². The molecule has 0 amide bonds. The van der Waals surface area contributed by atoms with E-state index in [-0.39, 0.29) is 6.61 Å². The third-order valence-electron chi connectivity index (χ3n) is 2.79. The van der Waals surface area contributed by atoms with Gasteiger partial charge in [-0.2, -0.15) is 0 Å². The van der Waals surface area contributed by atoms with E-state index in [4.69, 9.17) is 13.6 Å². The fraction of sp³-hybridized carbons (Fsp3) is 0.438. The van der Waals surface area contributed by atoms with Crippen LogP contribution in [-0.2, 0) is 25.0 Å². The summed E-state index contributed by atoms with van der Waals surface area (Å²) in [5.41, 5.74) is 0.941. The summed E-state index contributed by atoms with van der Waals surface area (Å²) in [4.78, 5) is 11.2. The van der Waals surface area contributed by atoms with Crippen LogP contribution in [0.15, 0.2) is 36.9 Å². The minimum absolute atomic E-state index is 0.218. The maximum atomic E-state index is 11.2. The quantitative estimate of drug-likeness (QED) is 0.378. The first-order valence-corrected chi connectivity index (χ1v) is 8.85. The van der Waals surface area contributed by atoms with Gasteiger partial charge < -0.3 is 13.6 Å². The Morgan fingerprint density at radius 2 is 1.81 bits per heavy atom. The molecule has 0 aliphatic rings. The third-order valence-corrected chi connectivity index (χ3v) is 4.94. The molecule has 0 fully saturated rings. The van der Waals surface area contributed by atoms with Gasteiger partial charge in [-0.25, -0.2) is 4.79 Å². The Hall–Kier alpha value is -1.43. The van der Waals surface area contributed by atoms with Gasteiger partial charge in [0.05, 0.1) is 0 Å². The molecule has 0 heterocycles. The van der Waals surface area contributed by atoms with E-state index in [1.165, 1.54) is 6.08 Å². The fourth-order valence-corrected chi connectivity index (χ4v) is 3.89. The van der Waals surface area contributed by atoms with Gasteiger partial charge >= 0.3 is 15.3 Å². The van der Waals surface area contributed by atoms with E-state index in [1.54, 1.807) is 0 Å². The molecule has 0 spiro atoms. The predicted octanol–water partition coefficient (Wildman–Crippen LogP) is 2.20. The summed E-state index contributed by atoms with van der Waals surface area (Å²) >= 11 is 0. The minimum atomic E-state index is -1.96. The molecule has 0 N–H and O–H groups in total. The molecule has 0 bridgehead atoms. The summed E-state index contributed by atoms with van der Waals surface area (Å²) in [6.45, 7) is 9.12. The van der Waals surface area contributed by atoms with Crippen LogP contribution in [0.3, 0.4) is 0 Å². The molecule has 21 heavy (non-hydrogen) atoms. The normalized spacial score (nSPS) is 10.6. The van der Waals surface area contributed by atoms with Gasteiger partial charge in [-0.05, 0) is 23.6 Å². The first kappa shape index (κ1) is 17.6. The molecule has 4 nitrogen and oxygen atoms in total. The predicted molar refractivity (Wildman–Crippen MR) is 85.7 cm³/mol. The molecule has 1 rings (SSSR count). The molecule has 0 atom stereocenters. The highest BCUT2D eigenvalue weighted by atomic mass is 28.3. The van der Waals surface area contributed by atoms with Gasteiger partial charge in [0.2, 0.25) is 0 Å². The minimum Gasteiger partial charge on any atom is -0.458 e. The maximum absolute atomic E-state index is 11.2. The lowest BCUT2D eigenvalue weighted by Crippen LogP contribution is -2.40. The van der Waals surface area contributed by atoms with Gasteiger partial charge in [0, 0.05) is 19.3 Å². The van der Waals surface area contributed by atoms with Crippen LogP contribution in [0.25, 0.3) is 0 Å². The van der Waals surface area contributed by atoms with Crippen LogP contribution in [0, 0.1) is 0 Å². The van der Waals surface area contributed by atoms with Crippen LogP contribution < -0.4 is 5.19 Å². The molecule has 0 radical (unpaired) electrons. The Kier molecular flexibility index (Phi) is 8.65. The number of hydrogen-bond acceptors (Lipinski definition) is 4. The summed E-state index contributed by atoms with van der Waals surface area (Å²) in [6, 6.07) is 7.82. The van der Waals surface area contributed by atoms with Gasteiger partial charge in [-0.15, -0.1) is 0 Å². The van der Waals surface area contributed by atoms with Gasteiger partial charge in [0.1, 0.15) is 6.61 Å². The van der Waals surface area contributed by atoms with E-state index in [0.29, 0.717) is 13.2 Å². The molecule has 0 saturated carbocycles. The average Bonchev–Trinajstić information content (AvgIpc) is 2.53. The van der Waals surface area contributed by atoms with Gasteiger partial charge in [0.15, 0.2) is 0 Å². The lowest BCUT2D eigenvalue weighted by molar-refractivity contribution is -0.138. The molecule has 0 saturated heterocycles. The molecule has 5 heteroatoms. The van der Waals surface area contributed by atoms with Gasteiger partial charge in [-0.3, -0.25) is 0 Å². The Morgan fingerprint density at radius 1 is 1.19 bits per heavy atom. The summed E-state index contributed by atoms with van der Waals surface area (Å²) in [5.74, 6) is -0.424. The topological polar surface area (TPSA) is 44.8 Å². The van der Waals surface area contributed by atoms with E-state index in [2.05, 4.69) is 20.4 Å². The van der Waals surface area contributed by atoms with Crippen LogP contribution in [-0.4, -0.2) is 28.5 Å². The monoisotopic (exact) mass is 308 g/mol. The van der Waals surface area contributed by atoms with E-state index in [0.717, 1.165) is 23.6 Å².